The largest absolute Gasteiger partial charge is 0.465 e. The second-order valence-corrected chi connectivity index (χ2v) is 4.51. The topological polar surface area (TPSA) is 40.2 Å². The van der Waals surface area contributed by atoms with Gasteiger partial charge in [0.05, 0.1) is 19.2 Å². The van der Waals surface area contributed by atoms with Crippen LogP contribution in [-0.2, 0) is 6.54 Å². The van der Waals surface area contributed by atoms with E-state index in [1.54, 1.807) is 0 Å². The summed E-state index contributed by atoms with van der Waals surface area (Å²) in [4.78, 5) is 2.24. The summed E-state index contributed by atoms with van der Waals surface area (Å²) in [6.45, 7) is 3.23. The molecule has 0 aromatic carbocycles. The first-order valence-corrected chi connectivity index (χ1v) is 5.96. The second-order valence-electron chi connectivity index (χ2n) is 4.51. The zero-order valence-electron chi connectivity index (χ0n) is 9.78. The van der Waals surface area contributed by atoms with Gasteiger partial charge in [0.1, 0.15) is 11.5 Å². The number of nitrogens with zero attached hydrogens (tertiary/aromatic N) is 2. The van der Waals surface area contributed by atoms with Gasteiger partial charge in [-0.1, -0.05) is 12.8 Å². The summed E-state index contributed by atoms with van der Waals surface area (Å²) >= 11 is 0. The van der Waals surface area contributed by atoms with Crippen LogP contribution < -0.4 is 0 Å². The highest BCUT2D eigenvalue weighted by molar-refractivity contribution is 5.06. The smallest absolute Gasteiger partial charge is 0.118 e. The van der Waals surface area contributed by atoms with Gasteiger partial charge < -0.3 is 4.42 Å². The number of aryl methyl sites for hydroxylation is 1. The van der Waals surface area contributed by atoms with Crippen molar-refractivity contribution in [3.63, 3.8) is 0 Å². The van der Waals surface area contributed by atoms with Crippen molar-refractivity contribution < 1.29 is 4.42 Å². The van der Waals surface area contributed by atoms with Crippen molar-refractivity contribution in [3.8, 4) is 6.07 Å². The molecule has 2 rings (SSSR count). The molecule has 3 heteroatoms. The van der Waals surface area contributed by atoms with Gasteiger partial charge in [-0.2, -0.15) is 5.26 Å². The molecule has 1 saturated carbocycles. The molecule has 0 unspecified atom stereocenters. The molecule has 0 aliphatic heterocycles. The molecule has 0 N–H and O–H groups in total. The number of furan rings is 1. The SMILES string of the molecule is Cc1ccc(CN(CC#N)C2CCCC2)o1. The fraction of sp³-hybridized carbons (Fsp3) is 0.615. The minimum Gasteiger partial charge on any atom is -0.465 e. The van der Waals surface area contributed by atoms with E-state index in [0.717, 1.165) is 18.1 Å². The van der Waals surface area contributed by atoms with Gasteiger partial charge >= 0.3 is 0 Å². The minimum absolute atomic E-state index is 0.504. The first-order chi connectivity index (χ1) is 7.79. The molecule has 0 spiro atoms. The molecule has 0 bridgehead atoms. The lowest BCUT2D eigenvalue weighted by Gasteiger charge is -2.24. The van der Waals surface area contributed by atoms with Crippen molar-refractivity contribution in [2.24, 2.45) is 0 Å². The maximum atomic E-state index is 8.86. The third-order valence-corrected chi connectivity index (χ3v) is 3.27. The van der Waals surface area contributed by atoms with Gasteiger partial charge in [-0.15, -0.1) is 0 Å². The summed E-state index contributed by atoms with van der Waals surface area (Å²) in [5.74, 6) is 1.91. The summed E-state index contributed by atoms with van der Waals surface area (Å²) in [5, 5.41) is 8.86. The quantitative estimate of drug-likeness (QED) is 0.729. The Labute approximate surface area is 96.7 Å². The van der Waals surface area contributed by atoms with Crippen LogP contribution in [0.5, 0.6) is 0 Å². The second kappa shape index (κ2) is 5.18. The number of nitriles is 1. The van der Waals surface area contributed by atoms with E-state index in [4.69, 9.17) is 9.68 Å². The van der Waals surface area contributed by atoms with E-state index in [-0.39, 0.29) is 0 Å². The Balaban J connectivity index is 1.99. The van der Waals surface area contributed by atoms with Crippen LogP contribution >= 0.6 is 0 Å². The van der Waals surface area contributed by atoms with Crippen LogP contribution in [0.4, 0.5) is 0 Å². The lowest BCUT2D eigenvalue weighted by molar-refractivity contribution is 0.197. The van der Waals surface area contributed by atoms with Crippen LogP contribution in [0.25, 0.3) is 0 Å². The molecule has 3 nitrogen and oxygen atoms in total. The monoisotopic (exact) mass is 218 g/mol. The molecule has 1 aromatic rings. The Hall–Kier alpha value is -1.27. The van der Waals surface area contributed by atoms with Crippen molar-refractivity contribution in [3.05, 3.63) is 23.7 Å². The Bertz CT molecular complexity index is 372. The highest BCUT2D eigenvalue weighted by atomic mass is 16.3. The summed E-state index contributed by atoms with van der Waals surface area (Å²) in [7, 11) is 0. The third kappa shape index (κ3) is 2.65. The molecule has 0 saturated heterocycles. The van der Waals surface area contributed by atoms with Crippen molar-refractivity contribution in [2.45, 2.75) is 45.2 Å². The molecule has 0 radical (unpaired) electrons. The average Bonchev–Trinajstić information content (AvgIpc) is 2.88. The first-order valence-electron chi connectivity index (χ1n) is 5.96. The summed E-state index contributed by atoms with van der Waals surface area (Å²) in [6.07, 6.45) is 5.04. The van der Waals surface area contributed by atoms with E-state index in [1.807, 2.05) is 19.1 Å². The predicted octanol–water partition coefficient (Wildman–Crippen LogP) is 2.86. The van der Waals surface area contributed by atoms with Gasteiger partial charge in [0.15, 0.2) is 0 Å². The van der Waals surface area contributed by atoms with Gasteiger partial charge in [0.25, 0.3) is 0 Å². The Morgan fingerprint density at radius 3 is 2.75 bits per heavy atom. The molecule has 1 fully saturated rings. The molecule has 86 valence electrons. The number of hydrogen-bond acceptors (Lipinski definition) is 3. The lowest BCUT2D eigenvalue weighted by atomic mass is 10.2. The van der Waals surface area contributed by atoms with Crippen LogP contribution in [0.15, 0.2) is 16.5 Å². The molecule has 0 amide bonds. The maximum Gasteiger partial charge on any atom is 0.118 e. The number of rotatable bonds is 4. The maximum absolute atomic E-state index is 8.86. The zero-order valence-corrected chi connectivity index (χ0v) is 9.78. The normalized spacial score (nSPS) is 16.8. The summed E-state index contributed by atoms with van der Waals surface area (Å²) < 4.78 is 5.57. The van der Waals surface area contributed by atoms with E-state index >= 15 is 0 Å². The Kier molecular flexibility index (Phi) is 3.63. The lowest BCUT2D eigenvalue weighted by Crippen LogP contribution is -2.32. The van der Waals surface area contributed by atoms with E-state index < -0.39 is 0 Å². The van der Waals surface area contributed by atoms with Gasteiger partial charge in [0.2, 0.25) is 0 Å². The first kappa shape index (κ1) is 11.2. The third-order valence-electron chi connectivity index (χ3n) is 3.27. The fourth-order valence-corrected chi connectivity index (χ4v) is 2.44. The molecule has 1 aliphatic carbocycles. The van der Waals surface area contributed by atoms with Crippen LogP contribution in [0.3, 0.4) is 0 Å². The van der Waals surface area contributed by atoms with Crippen LogP contribution in [-0.4, -0.2) is 17.5 Å². The van der Waals surface area contributed by atoms with Crippen LogP contribution in [0, 0.1) is 18.3 Å². The van der Waals surface area contributed by atoms with Crippen molar-refractivity contribution in [1.29, 1.82) is 5.26 Å². The van der Waals surface area contributed by atoms with Crippen LogP contribution in [0.1, 0.15) is 37.2 Å². The van der Waals surface area contributed by atoms with Crippen molar-refractivity contribution in [1.82, 2.24) is 4.90 Å². The molecular formula is C13H18N2O. The number of hydrogen-bond donors (Lipinski definition) is 0. The van der Waals surface area contributed by atoms with Gasteiger partial charge in [-0.25, -0.2) is 0 Å². The minimum atomic E-state index is 0.504. The average molecular weight is 218 g/mol. The molecule has 1 aromatic heterocycles. The Morgan fingerprint density at radius 1 is 1.44 bits per heavy atom. The van der Waals surface area contributed by atoms with E-state index in [9.17, 15) is 0 Å². The summed E-state index contributed by atoms with van der Waals surface area (Å²) in [5.41, 5.74) is 0. The zero-order chi connectivity index (χ0) is 11.4. The van der Waals surface area contributed by atoms with Gasteiger partial charge in [-0.05, 0) is 31.9 Å². The Morgan fingerprint density at radius 2 is 2.19 bits per heavy atom. The highest BCUT2D eigenvalue weighted by Crippen LogP contribution is 2.24. The van der Waals surface area contributed by atoms with Crippen molar-refractivity contribution in [2.75, 3.05) is 6.54 Å². The molecule has 0 atom stereocenters. The summed E-state index contributed by atoms with van der Waals surface area (Å²) in [6, 6.07) is 6.82. The van der Waals surface area contributed by atoms with Gasteiger partial charge in [0, 0.05) is 6.04 Å². The fourth-order valence-electron chi connectivity index (χ4n) is 2.44. The van der Waals surface area contributed by atoms with Gasteiger partial charge in [-0.3, -0.25) is 4.90 Å². The predicted molar refractivity (Wildman–Crippen MR) is 61.7 cm³/mol. The van der Waals surface area contributed by atoms with E-state index in [1.165, 1.54) is 25.7 Å². The highest BCUT2D eigenvalue weighted by Gasteiger charge is 2.23. The molecular weight excluding hydrogens is 200 g/mol. The standard InChI is InChI=1S/C13H18N2O/c1-11-6-7-13(16-11)10-15(9-8-14)12-4-2-3-5-12/h6-7,12H,2-5,9-10H2,1H3. The van der Waals surface area contributed by atoms with E-state index in [0.29, 0.717) is 12.6 Å². The molecule has 1 heterocycles. The molecule has 1 aliphatic rings. The van der Waals surface area contributed by atoms with Crippen LogP contribution in [0.2, 0.25) is 0 Å². The van der Waals surface area contributed by atoms with Crippen molar-refractivity contribution >= 4 is 0 Å². The van der Waals surface area contributed by atoms with E-state index in [2.05, 4.69) is 11.0 Å². The molecule has 16 heavy (non-hydrogen) atoms.